The number of fused-ring (bicyclic) bond motifs is 1. The van der Waals surface area contributed by atoms with Gasteiger partial charge >= 0.3 is 11.9 Å². The third-order valence-corrected chi connectivity index (χ3v) is 6.05. The third-order valence-electron chi connectivity index (χ3n) is 6.05. The molecule has 5 atom stereocenters. The van der Waals surface area contributed by atoms with Crippen molar-refractivity contribution in [2.45, 2.75) is 57.3 Å². The van der Waals surface area contributed by atoms with Gasteiger partial charge in [0.25, 0.3) is 0 Å². The molecular weight excluding hydrogens is 486 g/mol. The molecule has 1 heterocycles. The number of carbonyl (C=O) groups excluding carboxylic acids is 3. The summed E-state index contributed by atoms with van der Waals surface area (Å²) in [5.41, 5.74) is 7.84. The highest BCUT2D eigenvalue weighted by Gasteiger charge is 2.32. The number of nitrogens with one attached hydrogen (secondary N) is 4. The van der Waals surface area contributed by atoms with Crippen molar-refractivity contribution in [3.05, 3.63) is 36.0 Å². The third kappa shape index (κ3) is 8.02. The van der Waals surface area contributed by atoms with Crippen LogP contribution in [0.2, 0.25) is 0 Å². The second-order valence-electron chi connectivity index (χ2n) is 8.78. The van der Waals surface area contributed by atoms with E-state index in [-0.39, 0.29) is 12.3 Å². The zero-order chi connectivity index (χ0) is 27.7. The molecule has 1 aromatic heterocycles. The summed E-state index contributed by atoms with van der Waals surface area (Å²) in [4.78, 5) is 63.5. The number of carbonyl (C=O) groups is 5. The van der Waals surface area contributed by atoms with Crippen molar-refractivity contribution in [2.75, 3.05) is 6.61 Å². The van der Waals surface area contributed by atoms with Crippen LogP contribution in [0.5, 0.6) is 0 Å². The molecule has 37 heavy (non-hydrogen) atoms. The van der Waals surface area contributed by atoms with Crippen molar-refractivity contribution in [1.29, 1.82) is 0 Å². The molecule has 2 rings (SSSR count). The standard InChI is InChI=1S/C24H33N5O8/c1-3-12(2)20(23(35)28-18(11-30)22(34)27-17(24(36)37)9-19(31)32)29-21(33)15(25)8-13-10-26-16-7-5-4-6-14(13)16/h4-7,10,12,15,17-18,20,26,30H,3,8-9,11,25H2,1-2H3,(H,27,34)(H,28,35)(H,29,33)(H,31,32)(H,36,37). The van der Waals surface area contributed by atoms with E-state index in [0.717, 1.165) is 16.5 Å². The lowest BCUT2D eigenvalue weighted by molar-refractivity contribution is -0.147. The van der Waals surface area contributed by atoms with Crippen LogP contribution >= 0.6 is 0 Å². The van der Waals surface area contributed by atoms with Gasteiger partial charge in [0.15, 0.2) is 0 Å². The summed E-state index contributed by atoms with van der Waals surface area (Å²) in [6.45, 7) is 2.61. The Morgan fingerprint density at radius 2 is 1.62 bits per heavy atom. The first kappa shape index (κ1) is 29.3. The van der Waals surface area contributed by atoms with Crippen LogP contribution in [0.4, 0.5) is 0 Å². The van der Waals surface area contributed by atoms with Crippen molar-refractivity contribution < 1.29 is 39.3 Å². The number of aliphatic hydroxyl groups excluding tert-OH is 1. The van der Waals surface area contributed by atoms with Gasteiger partial charge in [-0.1, -0.05) is 38.5 Å². The molecule has 0 bridgehead atoms. The van der Waals surface area contributed by atoms with E-state index < -0.39 is 66.9 Å². The van der Waals surface area contributed by atoms with Gasteiger partial charge in [0.2, 0.25) is 17.7 Å². The van der Waals surface area contributed by atoms with Gasteiger partial charge in [0.05, 0.1) is 19.1 Å². The van der Waals surface area contributed by atoms with Gasteiger partial charge in [-0.25, -0.2) is 4.79 Å². The van der Waals surface area contributed by atoms with Gasteiger partial charge in [-0.15, -0.1) is 0 Å². The number of aliphatic hydroxyl groups is 1. The summed E-state index contributed by atoms with van der Waals surface area (Å²) in [6, 6.07) is 2.09. The number of aliphatic carboxylic acids is 2. The number of hydrogen-bond acceptors (Lipinski definition) is 7. The normalized spacial score (nSPS) is 15.1. The summed E-state index contributed by atoms with van der Waals surface area (Å²) >= 11 is 0. The minimum Gasteiger partial charge on any atom is -0.481 e. The molecular formula is C24H33N5O8. The smallest absolute Gasteiger partial charge is 0.326 e. The maximum Gasteiger partial charge on any atom is 0.326 e. The van der Waals surface area contributed by atoms with Crippen LogP contribution in [0, 0.1) is 5.92 Å². The second-order valence-corrected chi connectivity index (χ2v) is 8.78. The van der Waals surface area contributed by atoms with E-state index in [1.165, 1.54) is 0 Å². The van der Waals surface area contributed by atoms with Crippen LogP contribution in [-0.2, 0) is 30.4 Å². The highest BCUT2D eigenvalue weighted by Crippen LogP contribution is 2.19. The van der Waals surface area contributed by atoms with Gasteiger partial charge in [-0.2, -0.15) is 0 Å². The number of para-hydroxylation sites is 1. The molecule has 3 amide bonds. The van der Waals surface area contributed by atoms with Crippen molar-refractivity contribution in [3.8, 4) is 0 Å². The average molecular weight is 520 g/mol. The molecule has 2 aromatic rings. The molecule has 13 nitrogen and oxygen atoms in total. The van der Waals surface area contributed by atoms with E-state index in [2.05, 4.69) is 15.6 Å². The lowest BCUT2D eigenvalue weighted by Gasteiger charge is -2.27. The zero-order valence-corrected chi connectivity index (χ0v) is 20.6. The first-order valence-corrected chi connectivity index (χ1v) is 11.8. The van der Waals surface area contributed by atoms with Crippen molar-refractivity contribution in [3.63, 3.8) is 0 Å². The Morgan fingerprint density at radius 1 is 0.973 bits per heavy atom. The van der Waals surface area contributed by atoms with Crippen LogP contribution in [-0.4, -0.2) is 80.7 Å². The minimum atomic E-state index is -1.76. The van der Waals surface area contributed by atoms with Crippen LogP contribution in [0.3, 0.4) is 0 Å². The number of benzene rings is 1. The van der Waals surface area contributed by atoms with Crippen molar-refractivity contribution >= 4 is 40.6 Å². The molecule has 0 saturated heterocycles. The van der Waals surface area contributed by atoms with Gasteiger partial charge in [-0.3, -0.25) is 19.2 Å². The van der Waals surface area contributed by atoms with Crippen LogP contribution in [0.25, 0.3) is 10.9 Å². The Balaban J connectivity index is 2.08. The quantitative estimate of drug-likeness (QED) is 0.154. The van der Waals surface area contributed by atoms with E-state index >= 15 is 0 Å². The molecule has 0 spiro atoms. The molecule has 202 valence electrons. The second kappa shape index (κ2) is 13.4. The summed E-state index contributed by atoms with van der Waals surface area (Å²) in [5.74, 6) is -5.90. The van der Waals surface area contributed by atoms with Gasteiger partial charge in [-0.05, 0) is 24.0 Å². The van der Waals surface area contributed by atoms with Gasteiger partial charge in [0.1, 0.15) is 18.1 Å². The summed E-state index contributed by atoms with van der Waals surface area (Å²) in [5, 5.41) is 35.3. The van der Waals surface area contributed by atoms with Crippen molar-refractivity contribution in [1.82, 2.24) is 20.9 Å². The van der Waals surface area contributed by atoms with Crippen LogP contribution in [0.1, 0.15) is 32.3 Å². The van der Waals surface area contributed by atoms with Gasteiger partial charge < -0.3 is 42.0 Å². The number of amides is 3. The first-order valence-electron chi connectivity index (χ1n) is 11.8. The Kier molecular flexibility index (Phi) is 10.6. The number of aromatic nitrogens is 1. The zero-order valence-electron chi connectivity index (χ0n) is 20.6. The number of nitrogens with two attached hydrogens (primary N) is 1. The van der Waals surface area contributed by atoms with Crippen LogP contribution in [0.15, 0.2) is 30.5 Å². The fourth-order valence-corrected chi connectivity index (χ4v) is 3.69. The lowest BCUT2D eigenvalue weighted by atomic mass is 9.97. The number of rotatable bonds is 14. The molecule has 13 heteroatoms. The molecule has 0 aliphatic rings. The molecule has 9 N–H and O–H groups in total. The maximum atomic E-state index is 13.0. The van der Waals surface area contributed by atoms with E-state index in [1.807, 2.05) is 29.6 Å². The number of carboxylic acids is 2. The maximum absolute atomic E-state index is 13.0. The van der Waals surface area contributed by atoms with Crippen LogP contribution < -0.4 is 21.7 Å². The number of H-pyrrole nitrogens is 1. The van der Waals surface area contributed by atoms with E-state index in [0.29, 0.717) is 6.42 Å². The summed E-state index contributed by atoms with van der Waals surface area (Å²) in [6.07, 6.45) is 1.54. The largest absolute Gasteiger partial charge is 0.481 e. The Bertz CT molecular complexity index is 1130. The van der Waals surface area contributed by atoms with Gasteiger partial charge in [0, 0.05) is 17.1 Å². The summed E-state index contributed by atoms with van der Waals surface area (Å²) < 4.78 is 0. The predicted molar refractivity (Wildman–Crippen MR) is 132 cm³/mol. The Labute approximate surface area is 212 Å². The Hall–Kier alpha value is -3.97. The Morgan fingerprint density at radius 3 is 2.22 bits per heavy atom. The lowest BCUT2D eigenvalue weighted by Crippen LogP contribution is -2.59. The number of aromatic amines is 1. The molecule has 0 saturated carbocycles. The molecule has 0 aliphatic heterocycles. The molecule has 5 unspecified atom stereocenters. The molecule has 0 radical (unpaired) electrons. The summed E-state index contributed by atoms with van der Waals surface area (Å²) in [7, 11) is 0. The first-order chi connectivity index (χ1) is 17.5. The highest BCUT2D eigenvalue weighted by atomic mass is 16.4. The predicted octanol–water partition coefficient (Wildman–Crippen LogP) is -0.910. The topological polar surface area (TPSA) is 224 Å². The van der Waals surface area contributed by atoms with E-state index in [1.54, 1.807) is 20.0 Å². The fourth-order valence-electron chi connectivity index (χ4n) is 3.69. The van der Waals surface area contributed by atoms with E-state index in [4.69, 9.17) is 15.9 Å². The van der Waals surface area contributed by atoms with Crippen molar-refractivity contribution in [2.24, 2.45) is 11.7 Å². The van der Waals surface area contributed by atoms with E-state index in [9.17, 15) is 29.1 Å². The SMILES string of the molecule is CCC(C)C(NC(=O)C(N)Cc1c[nH]c2ccccc12)C(=O)NC(CO)C(=O)NC(CC(=O)O)C(=O)O. The number of hydrogen-bond donors (Lipinski definition) is 8. The fraction of sp³-hybridized carbons (Fsp3) is 0.458. The highest BCUT2D eigenvalue weighted by molar-refractivity contribution is 5.95. The molecule has 0 aliphatic carbocycles. The minimum absolute atomic E-state index is 0.201. The molecule has 0 fully saturated rings. The molecule has 1 aromatic carbocycles. The number of carboxylic acid groups (broad SMARTS) is 2. The average Bonchev–Trinajstić information content (AvgIpc) is 3.26. The monoisotopic (exact) mass is 519 g/mol.